The largest absolute Gasteiger partial charge is 0.392 e. The number of hydrogen-bond donors (Lipinski definition) is 2. The summed E-state index contributed by atoms with van der Waals surface area (Å²) in [6.45, 7) is 4.82. The van der Waals surface area contributed by atoms with E-state index in [9.17, 15) is 5.11 Å². The molecule has 96 valence electrons. The van der Waals surface area contributed by atoms with E-state index in [1.807, 2.05) is 11.6 Å². The number of hydrogen-bond acceptors (Lipinski definition) is 4. The van der Waals surface area contributed by atoms with Gasteiger partial charge in [-0.25, -0.2) is 4.98 Å². The van der Waals surface area contributed by atoms with Crippen LogP contribution in [0.4, 0.5) is 0 Å². The lowest BCUT2D eigenvalue weighted by Crippen LogP contribution is -2.53. The van der Waals surface area contributed by atoms with Gasteiger partial charge in [-0.15, -0.1) is 11.3 Å². The number of aliphatic hydroxyl groups is 1. The minimum atomic E-state index is -0.336. The minimum absolute atomic E-state index is 0.0329. The highest BCUT2D eigenvalue weighted by Crippen LogP contribution is 2.47. The number of aromatic nitrogens is 1. The van der Waals surface area contributed by atoms with Crippen LogP contribution >= 0.6 is 11.3 Å². The summed E-state index contributed by atoms with van der Waals surface area (Å²) in [5.74, 6) is 0. The van der Waals surface area contributed by atoms with Crippen molar-refractivity contribution >= 4 is 11.3 Å². The van der Waals surface area contributed by atoms with Gasteiger partial charge in [0.15, 0.2) is 0 Å². The van der Waals surface area contributed by atoms with Crippen LogP contribution in [0.5, 0.6) is 0 Å². The maximum atomic E-state index is 10.6. The molecule has 0 aromatic carbocycles. The van der Waals surface area contributed by atoms with Gasteiger partial charge in [-0.2, -0.15) is 0 Å². The van der Waals surface area contributed by atoms with Gasteiger partial charge in [0, 0.05) is 30.0 Å². The zero-order chi connectivity index (χ0) is 12.5. The Morgan fingerprint density at radius 1 is 1.53 bits per heavy atom. The third-order valence-corrected chi connectivity index (χ3v) is 4.99. The molecule has 0 saturated heterocycles. The molecule has 17 heavy (non-hydrogen) atoms. The SMILES string of the molecule is CC1(C)CCCC(CN)(Cc2nccs2)C1O. The molecule has 1 aromatic heterocycles. The topological polar surface area (TPSA) is 59.1 Å². The molecule has 0 bridgehead atoms. The van der Waals surface area contributed by atoms with E-state index in [1.165, 1.54) is 0 Å². The summed E-state index contributed by atoms with van der Waals surface area (Å²) in [7, 11) is 0. The fraction of sp³-hybridized carbons (Fsp3) is 0.769. The normalized spacial score (nSPS) is 32.6. The smallest absolute Gasteiger partial charge is 0.0931 e. The van der Waals surface area contributed by atoms with Crippen molar-refractivity contribution < 1.29 is 5.11 Å². The molecule has 1 aliphatic carbocycles. The molecule has 0 aliphatic heterocycles. The van der Waals surface area contributed by atoms with Crippen molar-refractivity contribution in [1.82, 2.24) is 4.98 Å². The van der Waals surface area contributed by atoms with E-state index in [0.29, 0.717) is 6.54 Å². The summed E-state index contributed by atoms with van der Waals surface area (Å²) in [5, 5.41) is 13.7. The molecular formula is C13H22N2OS. The molecule has 1 aliphatic rings. The van der Waals surface area contributed by atoms with E-state index >= 15 is 0 Å². The number of rotatable bonds is 3. The summed E-state index contributed by atoms with van der Waals surface area (Å²) in [6.07, 6.45) is 5.53. The second kappa shape index (κ2) is 4.67. The average Bonchev–Trinajstić information content (AvgIpc) is 2.77. The molecule has 3 N–H and O–H groups in total. The van der Waals surface area contributed by atoms with Crippen LogP contribution in [-0.4, -0.2) is 22.7 Å². The molecule has 0 radical (unpaired) electrons. The summed E-state index contributed by atoms with van der Waals surface area (Å²) in [4.78, 5) is 4.34. The summed E-state index contributed by atoms with van der Waals surface area (Å²) in [5.41, 5.74) is 5.77. The van der Waals surface area contributed by atoms with Gasteiger partial charge < -0.3 is 10.8 Å². The predicted molar refractivity (Wildman–Crippen MR) is 70.9 cm³/mol. The number of nitrogens with two attached hydrogens (primary N) is 1. The Morgan fingerprint density at radius 3 is 2.88 bits per heavy atom. The van der Waals surface area contributed by atoms with Crippen molar-refractivity contribution in [2.75, 3.05) is 6.54 Å². The molecule has 2 unspecified atom stereocenters. The highest BCUT2D eigenvalue weighted by molar-refractivity contribution is 7.09. The molecule has 1 fully saturated rings. The van der Waals surface area contributed by atoms with Gasteiger partial charge in [0.1, 0.15) is 0 Å². The number of thiazole rings is 1. The lowest BCUT2D eigenvalue weighted by molar-refractivity contribution is -0.0884. The zero-order valence-corrected chi connectivity index (χ0v) is 11.5. The Balaban J connectivity index is 2.23. The highest BCUT2D eigenvalue weighted by Gasteiger charge is 2.48. The molecule has 0 spiro atoms. The van der Waals surface area contributed by atoms with Crippen LogP contribution in [-0.2, 0) is 6.42 Å². The van der Waals surface area contributed by atoms with E-state index in [-0.39, 0.29) is 16.9 Å². The maximum absolute atomic E-state index is 10.6. The molecule has 1 heterocycles. The number of nitrogens with zero attached hydrogens (tertiary/aromatic N) is 1. The van der Waals surface area contributed by atoms with Crippen molar-refractivity contribution in [1.29, 1.82) is 0 Å². The summed E-state index contributed by atoms with van der Waals surface area (Å²) in [6, 6.07) is 0. The summed E-state index contributed by atoms with van der Waals surface area (Å²) < 4.78 is 0. The quantitative estimate of drug-likeness (QED) is 0.869. The number of aliphatic hydroxyl groups excluding tert-OH is 1. The molecule has 4 heteroatoms. The first kappa shape index (κ1) is 13.0. The minimum Gasteiger partial charge on any atom is -0.392 e. The van der Waals surface area contributed by atoms with Gasteiger partial charge in [-0.3, -0.25) is 0 Å². The molecule has 2 atom stereocenters. The van der Waals surface area contributed by atoms with Gasteiger partial charge in [-0.05, 0) is 18.3 Å². The Labute approximate surface area is 107 Å². The van der Waals surface area contributed by atoms with Crippen LogP contribution in [0.3, 0.4) is 0 Å². The lowest BCUT2D eigenvalue weighted by atomic mass is 9.60. The highest BCUT2D eigenvalue weighted by atomic mass is 32.1. The van der Waals surface area contributed by atoms with Gasteiger partial charge in [0.05, 0.1) is 11.1 Å². The first-order valence-corrected chi connectivity index (χ1v) is 7.15. The molecular weight excluding hydrogens is 232 g/mol. The van der Waals surface area contributed by atoms with Crippen LogP contribution in [0, 0.1) is 10.8 Å². The third kappa shape index (κ3) is 2.39. The fourth-order valence-corrected chi connectivity index (χ4v) is 3.88. The van der Waals surface area contributed by atoms with Crippen LogP contribution in [0.15, 0.2) is 11.6 Å². The zero-order valence-electron chi connectivity index (χ0n) is 10.6. The maximum Gasteiger partial charge on any atom is 0.0931 e. The van der Waals surface area contributed by atoms with E-state index in [2.05, 4.69) is 18.8 Å². The van der Waals surface area contributed by atoms with Crippen molar-refractivity contribution in [3.8, 4) is 0 Å². The lowest BCUT2D eigenvalue weighted by Gasteiger charge is -2.49. The van der Waals surface area contributed by atoms with E-state index < -0.39 is 0 Å². The second-order valence-corrected chi connectivity index (χ2v) is 6.89. The van der Waals surface area contributed by atoms with Crippen molar-refractivity contribution in [2.45, 2.75) is 45.6 Å². The van der Waals surface area contributed by atoms with Crippen molar-refractivity contribution in [3.05, 3.63) is 16.6 Å². The predicted octanol–water partition coefficient (Wildman–Crippen LogP) is 2.20. The van der Waals surface area contributed by atoms with Crippen LogP contribution in [0.2, 0.25) is 0 Å². The average molecular weight is 254 g/mol. The molecule has 3 nitrogen and oxygen atoms in total. The third-order valence-electron chi connectivity index (χ3n) is 4.21. The van der Waals surface area contributed by atoms with Crippen molar-refractivity contribution in [2.24, 2.45) is 16.6 Å². The fourth-order valence-electron chi connectivity index (χ4n) is 3.11. The standard InChI is InChI=1S/C13H22N2OS/c1-12(2)4-3-5-13(9-14,11(12)16)8-10-15-6-7-17-10/h6-7,11,16H,3-5,8-9,14H2,1-2H3. The molecule has 1 aromatic rings. The first-order chi connectivity index (χ1) is 8.00. The molecule has 2 rings (SSSR count). The summed E-state index contributed by atoms with van der Waals surface area (Å²) >= 11 is 1.65. The van der Waals surface area contributed by atoms with E-state index in [0.717, 1.165) is 30.7 Å². The van der Waals surface area contributed by atoms with Crippen LogP contribution in [0.1, 0.15) is 38.1 Å². The van der Waals surface area contributed by atoms with Crippen LogP contribution in [0.25, 0.3) is 0 Å². The van der Waals surface area contributed by atoms with E-state index in [1.54, 1.807) is 11.3 Å². The van der Waals surface area contributed by atoms with Gasteiger partial charge >= 0.3 is 0 Å². The van der Waals surface area contributed by atoms with Crippen LogP contribution < -0.4 is 5.73 Å². The van der Waals surface area contributed by atoms with E-state index in [4.69, 9.17) is 5.73 Å². The molecule has 1 saturated carbocycles. The molecule has 0 amide bonds. The Bertz CT molecular complexity index is 364. The monoisotopic (exact) mass is 254 g/mol. The Morgan fingerprint density at radius 2 is 2.29 bits per heavy atom. The Kier molecular flexibility index (Phi) is 3.57. The van der Waals surface area contributed by atoms with Gasteiger partial charge in [-0.1, -0.05) is 20.3 Å². The van der Waals surface area contributed by atoms with Crippen molar-refractivity contribution in [3.63, 3.8) is 0 Å². The Hall–Kier alpha value is -0.450. The second-order valence-electron chi connectivity index (χ2n) is 5.91. The van der Waals surface area contributed by atoms with Gasteiger partial charge in [0.2, 0.25) is 0 Å². The first-order valence-electron chi connectivity index (χ1n) is 6.27. The van der Waals surface area contributed by atoms with Gasteiger partial charge in [0.25, 0.3) is 0 Å².